The van der Waals surface area contributed by atoms with Gasteiger partial charge in [0.2, 0.25) is 0 Å². The van der Waals surface area contributed by atoms with Gasteiger partial charge in [-0.25, -0.2) is 17.4 Å². The molecule has 0 bridgehead atoms. The fraction of sp³-hybridized carbons (Fsp3) is 0.278. The highest BCUT2D eigenvalue weighted by molar-refractivity contribution is 7.90. The quantitative estimate of drug-likeness (QED) is 0.708. The van der Waals surface area contributed by atoms with Gasteiger partial charge in [0.05, 0.1) is 17.6 Å². The number of hydrogen-bond acceptors (Lipinski definition) is 4. The highest BCUT2D eigenvalue weighted by Gasteiger charge is 2.24. The first-order chi connectivity index (χ1) is 11.4. The summed E-state index contributed by atoms with van der Waals surface area (Å²) in [6.07, 6.45) is 2.15. The van der Waals surface area contributed by atoms with E-state index in [4.69, 9.17) is 4.74 Å². The number of aromatic nitrogens is 2. The molecule has 0 atom stereocenters. The molecule has 0 aliphatic carbocycles. The molecule has 2 aromatic carbocycles. The van der Waals surface area contributed by atoms with Gasteiger partial charge in [0.15, 0.2) is 0 Å². The van der Waals surface area contributed by atoms with Crippen molar-refractivity contribution in [3.63, 3.8) is 0 Å². The van der Waals surface area contributed by atoms with Crippen LogP contribution in [0, 0.1) is 13.8 Å². The summed E-state index contributed by atoms with van der Waals surface area (Å²) in [6, 6.07) is 10.6. The third-order valence-electron chi connectivity index (χ3n) is 3.98. The Kier molecular flexibility index (Phi) is 4.32. The van der Waals surface area contributed by atoms with Gasteiger partial charge in [0.25, 0.3) is 10.0 Å². The Hall–Kier alpha value is -2.34. The minimum Gasteiger partial charge on any atom is -0.492 e. The predicted octanol–water partition coefficient (Wildman–Crippen LogP) is 3.68. The average molecular weight is 344 g/mol. The van der Waals surface area contributed by atoms with E-state index >= 15 is 0 Å². The van der Waals surface area contributed by atoms with Crippen LogP contribution >= 0.6 is 0 Å². The van der Waals surface area contributed by atoms with Crippen LogP contribution < -0.4 is 4.74 Å². The topological polar surface area (TPSA) is 61.2 Å². The van der Waals surface area contributed by atoms with Crippen LogP contribution in [-0.4, -0.2) is 24.0 Å². The average Bonchev–Trinajstić information content (AvgIpc) is 3.00. The predicted molar refractivity (Wildman–Crippen MR) is 94.0 cm³/mol. The Morgan fingerprint density at radius 1 is 1.12 bits per heavy atom. The van der Waals surface area contributed by atoms with Crippen molar-refractivity contribution in [3.05, 3.63) is 53.9 Å². The maximum absolute atomic E-state index is 13.2. The molecule has 24 heavy (non-hydrogen) atoms. The number of nitrogens with zero attached hydrogens (tertiary/aromatic N) is 2. The van der Waals surface area contributed by atoms with Crippen LogP contribution in [0.1, 0.15) is 24.5 Å². The van der Waals surface area contributed by atoms with E-state index in [-0.39, 0.29) is 4.90 Å². The Balaban J connectivity index is 2.21. The summed E-state index contributed by atoms with van der Waals surface area (Å²) < 4.78 is 33.3. The number of benzene rings is 2. The van der Waals surface area contributed by atoms with Crippen LogP contribution in [0.4, 0.5) is 0 Å². The molecule has 0 aliphatic heterocycles. The number of rotatable bonds is 5. The van der Waals surface area contributed by atoms with Crippen LogP contribution in [0.25, 0.3) is 11.0 Å². The van der Waals surface area contributed by atoms with E-state index in [1.165, 1.54) is 10.3 Å². The second-order valence-electron chi connectivity index (χ2n) is 5.77. The molecular weight excluding hydrogens is 324 g/mol. The minimum absolute atomic E-state index is 0.169. The van der Waals surface area contributed by atoms with Crippen molar-refractivity contribution in [1.82, 2.24) is 8.96 Å². The Morgan fingerprint density at radius 3 is 2.58 bits per heavy atom. The molecule has 0 amide bonds. The van der Waals surface area contributed by atoms with Crippen LogP contribution in [0.2, 0.25) is 0 Å². The maximum atomic E-state index is 13.2. The van der Waals surface area contributed by atoms with Gasteiger partial charge in [-0.05, 0) is 55.7 Å². The van der Waals surface area contributed by atoms with E-state index in [2.05, 4.69) is 4.98 Å². The highest BCUT2D eigenvalue weighted by Crippen LogP contribution is 2.31. The van der Waals surface area contributed by atoms with Crippen molar-refractivity contribution in [2.24, 2.45) is 0 Å². The summed E-state index contributed by atoms with van der Waals surface area (Å²) >= 11 is 0. The Morgan fingerprint density at radius 2 is 1.83 bits per heavy atom. The van der Waals surface area contributed by atoms with E-state index in [1.807, 2.05) is 26.8 Å². The molecule has 0 fully saturated rings. The van der Waals surface area contributed by atoms with E-state index in [1.54, 1.807) is 30.3 Å². The van der Waals surface area contributed by atoms with Gasteiger partial charge >= 0.3 is 0 Å². The van der Waals surface area contributed by atoms with Crippen LogP contribution in [0.3, 0.4) is 0 Å². The van der Waals surface area contributed by atoms with E-state index in [0.717, 1.165) is 17.5 Å². The molecule has 5 nitrogen and oxygen atoms in total. The molecule has 0 unspecified atom stereocenters. The zero-order valence-electron chi connectivity index (χ0n) is 14.0. The van der Waals surface area contributed by atoms with Crippen LogP contribution in [0.5, 0.6) is 5.75 Å². The van der Waals surface area contributed by atoms with Crippen molar-refractivity contribution >= 4 is 21.1 Å². The molecule has 3 rings (SSSR count). The molecular formula is C18H20N2O3S. The first-order valence-electron chi connectivity index (χ1n) is 7.87. The number of ether oxygens (including phenoxy) is 1. The smallest absolute Gasteiger partial charge is 0.273 e. The number of imidazole rings is 1. The van der Waals surface area contributed by atoms with Crippen molar-refractivity contribution in [2.75, 3.05) is 6.61 Å². The lowest BCUT2D eigenvalue weighted by Crippen LogP contribution is -2.14. The van der Waals surface area contributed by atoms with Gasteiger partial charge < -0.3 is 4.74 Å². The first-order valence-corrected chi connectivity index (χ1v) is 9.31. The van der Waals surface area contributed by atoms with Crippen molar-refractivity contribution < 1.29 is 13.2 Å². The Labute approximate surface area is 142 Å². The fourth-order valence-electron chi connectivity index (χ4n) is 2.52. The molecule has 1 heterocycles. The largest absolute Gasteiger partial charge is 0.492 e. The summed E-state index contributed by atoms with van der Waals surface area (Å²) in [5.41, 5.74) is 3.09. The molecule has 0 saturated heterocycles. The van der Waals surface area contributed by atoms with Gasteiger partial charge in [-0.15, -0.1) is 0 Å². The summed E-state index contributed by atoms with van der Waals surface area (Å²) in [5, 5.41) is 0. The fourth-order valence-corrected chi connectivity index (χ4v) is 4.02. The highest BCUT2D eigenvalue weighted by atomic mass is 32.2. The number of para-hydroxylation sites is 2. The first kappa shape index (κ1) is 16.5. The normalized spacial score (nSPS) is 11.8. The second kappa shape index (κ2) is 6.28. The number of fused-ring (bicyclic) bond motifs is 1. The van der Waals surface area contributed by atoms with Crippen LogP contribution in [-0.2, 0) is 10.0 Å². The molecule has 0 spiro atoms. The van der Waals surface area contributed by atoms with E-state index < -0.39 is 10.0 Å². The molecule has 0 aliphatic rings. The molecule has 126 valence electrons. The third kappa shape index (κ3) is 2.78. The standard InChI is InChI=1S/C18H20N2O3S/c1-4-9-23-17-10-13(2)14(3)11-18(17)24(21,22)20-12-19-15-7-5-6-8-16(15)20/h5-8,10-12H,4,9H2,1-3H3. The van der Waals surface area contributed by atoms with Crippen molar-refractivity contribution in [3.8, 4) is 5.75 Å². The lowest BCUT2D eigenvalue weighted by atomic mass is 10.1. The lowest BCUT2D eigenvalue weighted by molar-refractivity contribution is 0.309. The van der Waals surface area contributed by atoms with Gasteiger partial charge in [-0.1, -0.05) is 19.1 Å². The zero-order valence-corrected chi connectivity index (χ0v) is 14.8. The molecule has 3 aromatic rings. The van der Waals surface area contributed by atoms with Crippen molar-refractivity contribution in [2.45, 2.75) is 32.1 Å². The molecule has 6 heteroatoms. The summed E-state index contributed by atoms with van der Waals surface area (Å²) in [5.74, 6) is 0.387. The maximum Gasteiger partial charge on any atom is 0.273 e. The third-order valence-corrected chi connectivity index (χ3v) is 5.66. The SMILES string of the molecule is CCCOc1cc(C)c(C)cc1S(=O)(=O)n1cnc2ccccc21. The molecule has 0 N–H and O–H groups in total. The number of aryl methyl sites for hydroxylation is 2. The lowest BCUT2D eigenvalue weighted by Gasteiger charge is -2.15. The zero-order chi connectivity index (χ0) is 17.3. The summed E-state index contributed by atoms with van der Waals surface area (Å²) in [4.78, 5) is 4.35. The van der Waals surface area contributed by atoms with Crippen LogP contribution in [0.15, 0.2) is 47.6 Å². The van der Waals surface area contributed by atoms with Crippen molar-refractivity contribution in [1.29, 1.82) is 0 Å². The summed E-state index contributed by atoms with van der Waals surface area (Å²) in [6.45, 7) is 6.29. The second-order valence-corrected chi connectivity index (χ2v) is 7.55. The minimum atomic E-state index is -3.79. The van der Waals surface area contributed by atoms with Gasteiger partial charge in [0.1, 0.15) is 17.0 Å². The Bertz CT molecular complexity index is 991. The molecule has 1 aromatic heterocycles. The van der Waals surface area contributed by atoms with Gasteiger partial charge in [-0.2, -0.15) is 0 Å². The number of hydrogen-bond donors (Lipinski definition) is 0. The van der Waals surface area contributed by atoms with E-state index in [9.17, 15) is 8.42 Å². The monoisotopic (exact) mass is 344 g/mol. The molecule has 0 saturated carbocycles. The summed E-state index contributed by atoms with van der Waals surface area (Å²) in [7, 11) is -3.79. The van der Waals surface area contributed by atoms with Gasteiger partial charge in [-0.3, -0.25) is 0 Å². The van der Waals surface area contributed by atoms with Gasteiger partial charge in [0, 0.05) is 0 Å². The van der Waals surface area contributed by atoms with E-state index in [0.29, 0.717) is 23.4 Å². The molecule has 0 radical (unpaired) electrons.